The van der Waals surface area contributed by atoms with Gasteiger partial charge in [0.15, 0.2) is 0 Å². The number of hydrogen-bond acceptors (Lipinski definition) is 9. The van der Waals surface area contributed by atoms with E-state index in [0.29, 0.717) is 16.6 Å². The largest absolute Gasteiger partial charge is 0.365 e. The summed E-state index contributed by atoms with van der Waals surface area (Å²) in [5.41, 5.74) is 2.66. The number of rotatable bonds is 5. The van der Waals surface area contributed by atoms with E-state index in [1.165, 1.54) is 25.7 Å². The van der Waals surface area contributed by atoms with Gasteiger partial charge in [-0.05, 0) is 61.1 Å². The molecular weight excluding hydrogens is 474 g/mol. The van der Waals surface area contributed by atoms with Crippen LogP contribution in [0, 0.1) is 5.92 Å². The zero-order valence-electron chi connectivity index (χ0n) is 20.3. The van der Waals surface area contributed by atoms with Crippen LogP contribution in [0.25, 0.3) is 21.6 Å². The molecule has 1 aliphatic carbocycles. The molecule has 2 aliphatic rings. The Kier molecular flexibility index (Phi) is 6.37. The maximum atomic E-state index is 12.6. The van der Waals surface area contributed by atoms with Crippen LogP contribution in [0.15, 0.2) is 48.5 Å². The summed E-state index contributed by atoms with van der Waals surface area (Å²) in [6, 6.07) is 15.3. The van der Waals surface area contributed by atoms with Crippen LogP contribution >= 0.6 is 11.3 Å². The summed E-state index contributed by atoms with van der Waals surface area (Å²) < 4.78 is 0. The summed E-state index contributed by atoms with van der Waals surface area (Å²) >= 11 is 1.60. The zero-order valence-corrected chi connectivity index (χ0v) is 21.1. The fourth-order valence-corrected chi connectivity index (χ4v) is 6.04. The first kappa shape index (κ1) is 23.1. The second-order valence-corrected chi connectivity index (χ2v) is 10.7. The maximum Gasteiger partial charge on any atom is 0.365 e. The molecule has 4 aromatic rings. The normalized spacial score (nSPS) is 21.1. The summed E-state index contributed by atoms with van der Waals surface area (Å²) in [6.07, 6.45) is 5.39. The highest BCUT2D eigenvalue weighted by Crippen LogP contribution is 2.31. The predicted molar refractivity (Wildman–Crippen MR) is 139 cm³/mol. The number of nitrogens with zero attached hydrogens (tertiary/aromatic N) is 7. The molecule has 0 radical (unpaired) electrons. The third kappa shape index (κ3) is 4.70. The Morgan fingerprint density at radius 2 is 1.67 bits per heavy atom. The molecule has 0 atom stereocenters. The van der Waals surface area contributed by atoms with Crippen LogP contribution in [0.5, 0.6) is 0 Å². The minimum absolute atomic E-state index is 0.427. The van der Waals surface area contributed by atoms with Gasteiger partial charge in [0.05, 0.1) is 5.56 Å². The first-order chi connectivity index (χ1) is 17.6. The van der Waals surface area contributed by atoms with Crippen molar-refractivity contribution in [2.75, 3.05) is 31.1 Å². The minimum Gasteiger partial charge on any atom is -0.344 e. The van der Waals surface area contributed by atoms with Crippen molar-refractivity contribution in [2.45, 2.75) is 38.6 Å². The smallest absolute Gasteiger partial charge is 0.344 e. The van der Waals surface area contributed by atoms with Gasteiger partial charge >= 0.3 is 5.97 Å². The summed E-state index contributed by atoms with van der Waals surface area (Å²) in [7, 11) is 0. The van der Waals surface area contributed by atoms with Gasteiger partial charge in [-0.15, -0.1) is 15.3 Å². The Balaban J connectivity index is 1.07. The first-order valence-corrected chi connectivity index (χ1v) is 13.4. The number of piperazine rings is 1. The number of carbonyl (C=O) groups excluding carboxylic acids is 1. The fraction of sp³-hybridized carbons (Fsp3) is 0.423. The molecule has 186 valence electrons. The van der Waals surface area contributed by atoms with E-state index in [2.05, 4.69) is 37.2 Å². The van der Waals surface area contributed by atoms with E-state index in [4.69, 9.17) is 4.84 Å². The van der Waals surface area contributed by atoms with Crippen molar-refractivity contribution in [3.8, 4) is 10.6 Å². The van der Waals surface area contributed by atoms with Crippen LogP contribution in [0.2, 0.25) is 0 Å². The third-order valence-electron chi connectivity index (χ3n) is 7.36. The molecule has 0 unspecified atom stereocenters. The van der Waals surface area contributed by atoms with Gasteiger partial charge in [-0.1, -0.05) is 47.4 Å². The number of carbonyl (C=O) groups is 1. The summed E-state index contributed by atoms with van der Waals surface area (Å²) in [4.78, 5) is 24.2. The van der Waals surface area contributed by atoms with Crippen molar-refractivity contribution in [3.05, 3.63) is 54.1 Å². The Hall–Kier alpha value is -3.37. The van der Waals surface area contributed by atoms with Gasteiger partial charge in [-0.25, -0.2) is 4.79 Å². The quantitative estimate of drug-likeness (QED) is 0.379. The fourth-order valence-electron chi connectivity index (χ4n) is 5.14. The van der Waals surface area contributed by atoms with Crippen LogP contribution in [0.1, 0.15) is 43.0 Å². The Bertz CT molecular complexity index is 1340. The van der Waals surface area contributed by atoms with E-state index in [1.54, 1.807) is 29.5 Å². The highest BCUT2D eigenvalue weighted by atomic mass is 32.1. The average Bonchev–Trinajstić information content (AvgIpc) is 3.58. The number of benzene rings is 2. The number of fused-ring (bicyclic) bond motifs is 1. The van der Waals surface area contributed by atoms with Gasteiger partial charge < -0.3 is 9.74 Å². The Morgan fingerprint density at radius 1 is 0.917 bits per heavy atom. The van der Waals surface area contributed by atoms with Gasteiger partial charge in [0, 0.05) is 37.8 Å². The third-order valence-corrected chi connectivity index (χ3v) is 8.39. The molecule has 3 heterocycles. The van der Waals surface area contributed by atoms with Gasteiger partial charge in [0.1, 0.15) is 16.0 Å². The number of anilines is 1. The van der Waals surface area contributed by atoms with E-state index < -0.39 is 5.97 Å². The molecule has 6 rings (SSSR count). The van der Waals surface area contributed by atoms with Crippen molar-refractivity contribution in [3.63, 3.8) is 0 Å². The maximum absolute atomic E-state index is 12.6. The van der Waals surface area contributed by atoms with E-state index in [9.17, 15) is 4.79 Å². The molecule has 1 saturated carbocycles. The summed E-state index contributed by atoms with van der Waals surface area (Å²) in [5, 5.41) is 18.6. The lowest BCUT2D eigenvalue weighted by atomic mass is 9.86. The van der Waals surface area contributed by atoms with Gasteiger partial charge in [0.25, 0.3) is 0 Å². The zero-order chi connectivity index (χ0) is 24.5. The van der Waals surface area contributed by atoms with Crippen molar-refractivity contribution in [1.29, 1.82) is 0 Å². The minimum atomic E-state index is -0.500. The topological polar surface area (TPSA) is 89.3 Å². The molecular formula is C26H29N7O2S. The lowest BCUT2D eigenvalue weighted by Crippen LogP contribution is -2.51. The molecule has 10 heteroatoms. The van der Waals surface area contributed by atoms with Gasteiger partial charge in [-0.3, -0.25) is 4.90 Å². The van der Waals surface area contributed by atoms with Gasteiger partial charge in [-0.2, -0.15) is 0 Å². The second-order valence-electron chi connectivity index (χ2n) is 9.73. The lowest BCUT2D eigenvalue weighted by Gasteiger charge is -2.41. The SMILES string of the molecule is CC1CCC(N2CCN(c3nnc(-c4ccc(C(=O)On5nnc6ccccc65)cc4)s3)CC2)CC1. The van der Waals surface area contributed by atoms with E-state index in [1.807, 2.05) is 30.3 Å². The molecule has 0 amide bonds. The molecule has 2 aromatic carbocycles. The molecule has 9 nitrogen and oxygen atoms in total. The van der Waals surface area contributed by atoms with Crippen molar-refractivity contribution in [1.82, 2.24) is 30.3 Å². The molecule has 1 saturated heterocycles. The predicted octanol–water partition coefficient (Wildman–Crippen LogP) is 3.92. The number of para-hydroxylation sites is 1. The Morgan fingerprint density at radius 3 is 2.44 bits per heavy atom. The van der Waals surface area contributed by atoms with Gasteiger partial charge in [0.2, 0.25) is 5.13 Å². The number of hydrogen-bond donors (Lipinski definition) is 0. The molecule has 2 fully saturated rings. The highest BCUT2D eigenvalue weighted by Gasteiger charge is 2.28. The second kappa shape index (κ2) is 9.94. The summed E-state index contributed by atoms with van der Waals surface area (Å²) in [6.45, 7) is 6.53. The van der Waals surface area contributed by atoms with Crippen LogP contribution in [-0.2, 0) is 0 Å². The molecule has 36 heavy (non-hydrogen) atoms. The first-order valence-electron chi connectivity index (χ1n) is 12.6. The monoisotopic (exact) mass is 503 g/mol. The van der Waals surface area contributed by atoms with Crippen LogP contribution in [0.4, 0.5) is 5.13 Å². The van der Waals surface area contributed by atoms with Crippen LogP contribution in [0.3, 0.4) is 0 Å². The van der Waals surface area contributed by atoms with E-state index >= 15 is 0 Å². The van der Waals surface area contributed by atoms with Crippen molar-refractivity contribution < 1.29 is 9.63 Å². The van der Waals surface area contributed by atoms with Crippen molar-refractivity contribution in [2.24, 2.45) is 5.92 Å². The average molecular weight is 504 g/mol. The summed E-state index contributed by atoms with van der Waals surface area (Å²) in [5.74, 6) is 0.386. The molecule has 2 aromatic heterocycles. The Labute approximate surface area is 213 Å². The highest BCUT2D eigenvalue weighted by molar-refractivity contribution is 7.18. The van der Waals surface area contributed by atoms with E-state index in [-0.39, 0.29) is 0 Å². The standard InChI is InChI=1S/C26H29N7O2S/c1-18-6-12-21(13-7-18)31-14-16-32(17-15-31)26-29-28-24(36-26)19-8-10-20(11-9-19)25(34)35-33-23-5-3-2-4-22(23)27-30-33/h2-5,8-11,18,21H,6-7,12-17H2,1H3. The molecule has 0 bridgehead atoms. The molecule has 1 aliphatic heterocycles. The van der Waals surface area contributed by atoms with Crippen LogP contribution in [-0.4, -0.2) is 68.4 Å². The molecule has 0 spiro atoms. The van der Waals surface area contributed by atoms with Crippen molar-refractivity contribution >= 4 is 33.5 Å². The lowest BCUT2D eigenvalue weighted by molar-refractivity contribution is 0.0409. The van der Waals surface area contributed by atoms with Crippen LogP contribution < -0.4 is 9.74 Å². The number of aromatic nitrogens is 5. The molecule has 0 N–H and O–H groups in total. The van der Waals surface area contributed by atoms with E-state index in [0.717, 1.165) is 58.7 Å².